The summed E-state index contributed by atoms with van der Waals surface area (Å²) in [6.45, 7) is 9.84. The van der Waals surface area contributed by atoms with Crippen molar-refractivity contribution in [3.05, 3.63) is 0 Å². The Morgan fingerprint density at radius 3 is 2.46 bits per heavy atom. The number of hydrogen-bond acceptors (Lipinski definition) is 2. The van der Waals surface area contributed by atoms with E-state index in [1.54, 1.807) is 0 Å². The van der Waals surface area contributed by atoms with Gasteiger partial charge in [-0.15, -0.1) is 0 Å². The molecule has 0 N–H and O–H groups in total. The summed E-state index contributed by atoms with van der Waals surface area (Å²) in [6.07, 6.45) is 2.95. The van der Waals surface area contributed by atoms with Crippen LogP contribution in [0.3, 0.4) is 0 Å². The SMILES string of the molecule is CN1CCN(CC2CC2)C(C)(C)C1. The fraction of sp³-hybridized carbons (Fsp3) is 1.00. The smallest absolute Gasteiger partial charge is 0.0280 e. The van der Waals surface area contributed by atoms with E-state index in [0.29, 0.717) is 5.54 Å². The molecule has 0 spiro atoms. The average molecular weight is 182 g/mol. The number of nitrogens with zero attached hydrogens (tertiary/aromatic N) is 2. The van der Waals surface area contributed by atoms with Crippen LogP contribution in [-0.2, 0) is 0 Å². The Labute approximate surface area is 81.9 Å². The van der Waals surface area contributed by atoms with Crippen LogP contribution in [-0.4, -0.2) is 48.6 Å². The molecule has 0 aromatic rings. The van der Waals surface area contributed by atoms with Gasteiger partial charge in [-0.1, -0.05) is 0 Å². The van der Waals surface area contributed by atoms with E-state index in [1.807, 2.05) is 0 Å². The van der Waals surface area contributed by atoms with Crippen LogP contribution < -0.4 is 0 Å². The summed E-state index contributed by atoms with van der Waals surface area (Å²) in [7, 11) is 2.23. The highest BCUT2D eigenvalue weighted by Crippen LogP contribution is 2.32. The van der Waals surface area contributed by atoms with Crippen molar-refractivity contribution in [2.75, 3.05) is 33.2 Å². The van der Waals surface area contributed by atoms with E-state index in [-0.39, 0.29) is 0 Å². The van der Waals surface area contributed by atoms with Crippen LogP contribution in [0.15, 0.2) is 0 Å². The minimum absolute atomic E-state index is 0.398. The van der Waals surface area contributed by atoms with Crippen LogP contribution in [0, 0.1) is 5.92 Å². The molecule has 1 saturated carbocycles. The highest BCUT2D eigenvalue weighted by molar-refractivity contribution is 4.91. The van der Waals surface area contributed by atoms with E-state index in [2.05, 4.69) is 30.7 Å². The zero-order chi connectivity index (χ0) is 9.47. The van der Waals surface area contributed by atoms with E-state index >= 15 is 0 Å². The van der Waals surface area contributed by atoms with Gasteiger partial charge >= 0.3 is 0 Å². The van der Waals surface area contributed by atoms with Crippen molar-refractivity contribution in [2.45, 2.75) is 32.2 Å². The Kier molecular flexibility index (Phi) is 2.37. The maximum atomic E-state index is 2.69. The molecule has 13 heavy (non-hydrogen) atoms. The Balaban J connectivity index is 1.92. The summed E-state index contributed by atoms with van der Waals surface area (Å²) in [4.78, 5) is 5.13. The van der Waals surface area contributed by atoms with Gasteiger partial charge in [0.05, 0.1) is 0 Å². The summed E-state index contributed by atoms with van der Waals surface area (Å²) in [5.74, 6) is 1.03. The first-order chi connectivity index (χ1) is 6.08. The van der Waals surface area contributed by atoms with Gasteiger partial charge < -0.3 is 4.90 Å². The molecular formula is C11H22N2. The second-order valence-electron chi connectivity index (χ2n) is 5.44. The fourth-order valence-electron chi connectivity index (χ4n) is 2.38. The van der Waals surface area contributed by atoms with E-state index in [1.165, 1.54) is 39.0 Å². The van der Waals surface area contributed by atoms with Crippen LogP contribution in [0.4, 0.5) is 0 Å². The molecule has 2 heteroatoms. The molecule has 1 aliphatic heterocycles. The van der Waals surface area contributed by atoms with Crippen molar-refractivity contribution in [1.82, 2.24) is 9.80 Å². The second kappa shape index (κ2) is 3.25. The quantitative estimate of drug-likeness (QED) is 0.637. The first-order valence-electron chi connectivity index (χ1n) is 5.51. The van der Waals surface area contributed by atoms with Gasteiger partial charge in [0.2, 0.25) is 0 Å². The van der Waals surface area contributed by atoms with Gasteiger partial charge in [-0.25, -0.2) is 0 Å². The van der Waals surface area contributed by atoms with Crippen LogP contribution in [0.5, 0.6) is 0 Å². The molecular weight excluding hydrogens is 160 g/mol. The van der Waals surface area contributed by atoms with Crippen molar-refractivity contribution in [1.29, 1.82) is 0 Å². The molecule has 0 atom stereocenters. The summed E-state index contributed by atoms with van der Waals surface area (Å²) in [6, 6.07) is 0. The summed E-state index contributed by atoms with van der Waals surface area (Å²) >= 11 is 0. The molecule has 2 fully saturated rings. The van der Waals surface area contributed by atoms with Crippen molar-refractivity contribution >= 4 is 0 Å². The maximum Gasteiger partial charge on any atom is 0.0280 e. The van der Waals surface area contributed by atoms with Crippen molar-refractivity contribution in [3.8, 4) is 0 Å². The number of hydrogen-bond donors (Lipinski definition) is 0. The van der Waals surface area contributed by atoms with Crippen LogP contribution in [0.1, 0.15) is 26.7 Å². The molecule has 2 rings (SSSR count). The Morgan fingerprint density at radius 1 is 1.23 bits per heavy atom. The highest BCUT2D eigenvalue weighted by Gasteiger charge is 2.35. The third-order valence-electron chi connectivity index (χ3n) is 3.44. The number of likely N-dealkylation sites (N-methyl/N-ethyl adjacent to an activating group) is 1. The van der Waals surface area contributed by atoms with E-state index < -0.39 is 0 Å². The van der Waals surface area contributed by atoms with Gasteiger partial charge in [0.1, 0.15) is 0 Å². The highest BCUT2D eigenvalue weighted by atomic mass is 15.3. The predicted molar refractivity (Wildman–Crippen MR) is 55.9 cm³/mol. The molecule has 1 aliphatic carbocycles. The third-order valence-corrected chi connectivity index (χ3v) is 3.44. The Hall–Kier alpha value is -0.0800. The lowest BCUT2D eigenvalue weighted by Crippen LogP contribution is -2.58. The Bertz CT molecular complexity index is 185. The molecule has 76 valence electrons. The zero-order valence-corrected chi connectivity index (χ0v) is 9.21. The molecule has 1 heterocycles. The summed E-state index contributed by atoms with van der Waals surface area (Å²) in [5, 5.41) is 0. The standard InChI is InChI=1S/C11H22N2/c1-11(2)9-12(3)6-7-13(11)8-10-4-5-10/h10H,4-9H2,1-3H3. The van der Waals surface area contributed by atoms with Gasteiger partial charge in [0.15, 0.2) is 0 Å². The lowest BCUT2D eigenvalue weighted by Gasteiger charge is -2.46. The van der Waals surface area contributed by atoms with Crippen LogP contribution in [0.25, 0.3) is 0 Å². The summed E-state index contributed by atoms with van der Waals surface area (Å²) in [5.41, 5.74) is 0.398. The molecule has 0 bridgehead atoms. The van der Waals surface area contributed by atoms with Gasteiger partial charge in [-0.2, -0.15) is 0 Å². The van der Waals surface area contributed by atoms with Gasteiger partial charge in [-0.05, 0) is 39.7 Å². The second-order valence-corrected chi connectivity index (χ2v) is 5.44. The molecule has 0 aromatic carbocycles. The minimum Gasteiger partial charge on any atom is -0.303 e. The van der Waals surface area contributed by atoms with Crippen molar-refractivity contribution < 1.29 is 0 Å². The average Bonchev–Trinajstić information content (AvgIpc) is 2.77. The van der Waals surface area contributed by atoms with E-state index in [0.717, 1.165) is 5.92 Å². The van der Waals surface area contributed by atoms with E-state index in [9.17, 15) is 0 Å². The Morgan fingerprint density at radius 2 is 1.92 bits per heavy atom. The topological polar surface area (TPSA) is 6.48 Å². The largest absolute Gasteiger partial charge is 0.303 e. The zero-order valence-electron chi connectivity index (χ0n) is 9.21. The van der Waals surface area contributed by atoms with Gasteiger partial charge in [0.25, 0.3) is 0 Å². The maximum absolute atomic E-state index is 2.69. The molecule has 0 amide bonds. The minimum atomic E-state index is 0.398. The lowest BCUT2D eigenvalue weighted by molar-refractivity contribution is 0.0283. The number of piperazine rings is 1. The monoisotopic (exact) mass is 182 g/mol. The first kappa shape index (κ1) is 9.47. The van der Waals surface area contributed by atoms with Crippen molar-refractivity contribution in [3.63, 3.8) is 0 Å². The molecule has 0 unspecified atom stereocenters. The van der Waals surface area contributed by atoms with Gasteiger partial charge in [0, 0.05) is 31.7 Å². The predicted octanol–water partition coefficient (Wildman–Crippen LogP) is 1.42. The van der Waals surface area contributed by atoms with Crippen LogP contribution in [0.2, 0.25) is 0 Å². The lowest BCUT2D eigenvalue weighted by atomic mass is 9.99. The third kappa shape index (κ3) is 2.23. The molecule has 1 saturated heterocycles. The van der Waals surface area contributed by atoms with Gasteiger partial charge in [-0.3, -0.25) is 4.90 Å². The molecule has 0 radical (unpaired) electrons. The normalized spacial score (nSPS) is 30.7. The molecule has 2 nitrogen and oxygen atoms in total. The van der Waals surface area contributed by atoms with Crippen molar-refractivity contribution in [2.24, 2.45) is 5.92 Å². The van der Waals surface area contributed by atoms with E-state index in [4.69, 9.17) is 0 Å². The number of rotatable bonds is 2. The fourth-order valence-corrected chi connectivity index (χ4v) is 2.38. The molecule has 2 aliphatic rings. The summed E-state index contributed by atoms with van der Waals surface area (Å²) < 4.78 is 0. The first-order valence-corrected chi connectivity index (χ1v) is 5.51. The van der Waals surface area contributed by atoms with Crippen LogP contribution >= 0.6 is 0 Å². The molecule has 0 aromatic heterocycles.